The molecular weight excluding hydrogens is 379 g/mol. The summed E-state index contributed by atoms with van der Waals surface area (Å²) >= 11 is 0. The minimum atomic E-state index is -0.690. The molecule has 0 aliphatic rings. The molecule has 2 aromatic rings. The van der Waals surface area contributed by atoms with E-state index in [1.807, 2.05) is 6.92 Å². The lowest BCUT2D eigenvalue weighted by Crippen LogP contribution is -2.35. The number of carbonyl (C=O) groups is 3. The number of hydrogen-bond acceptors (Lipinski definition) is 5. The standard InChI is InChI=1S/C21H21FN2O5/c1-2-28-18-10-3-15(4-11-18)5-12-21(27)29-14-20(26)23-13-19(25)24-17-8-6-16(22)7-9-17/h3-12H,2,13-14H2,1H3,(H,23,26)(H,24,25)/b12-5+. The van der Waals surface area contributed by atoms with Gasteiger partial charge in [0.05, 0.1) is 13.2 Å². The normalized spacial score (nSPS) is 10.4. The summed E-state index contributed by atoms with van der Waals surface area (Å²) in [5, 5.41) is 4.81. The van der Waals surface area contributed by atoms with Crippen molar-refractivity contribution in [1.29, 1.82) is 0 Å². The van der Waals surface area contributed by atoms with Gasteiger partial charge in [-0.05, 0) is 55.0 Å². The summed E-state index contributed by atoms with van der Waals surface area (Å²) in [5.74, 6) is -1.50. The van der Waals surface area contributed by atoms with Gasteiger partial charge in [0.25, 0.3) is 5.91 Å². The van der Waals surface area contributed by atoms with E-state index in [0.717, 1.165) is 11.3 Å². The first-order valence-corrected chi connectivity index (χ1v) is 8.86. The molecular formula is C21H21FN2O5. The molecule has 0 saturated heterocycles. The van der Waals surface area contributed by atoms with Crippen molar-refractivity contribution in [3.05, 3.63) is 66.0 Å². The molecule has 0 unspecified atom stereocenters. The van der Waals surface area contributed by atoms with Crippen LogP contribution in [0.3, 0.4) is 0 Å². The van der Waals surface area contributed by atoms with Gasteiger partial charge in [0, 0.05) is 11.8 Å². The van der Waals surface area contributed by atoms with Crippen LogP contribution in [0.1, 0.15) is 12.5 Å². The number of carbonyl (C=O) groups excluding carboxylic acids is 3. The number of anilines is 1. The molecule has 0 saturated carbocycles. The van der Waals surface area contributed by atoms with E-state index in [9.17, 15) is 18.8 Å². The number of rotatable bonds is 9. The van der Waals surface area contributed by atoms with Gasteiger partial charge in [0.2, 0.25) is 5.91 Å². The molecule has 2 rings (SSSR count). The first kappa shape index (κ1) is 21.6. The van der Waals surface area contributed by atoms with Crippen LogP contribution in [0.15, 0.2) is 54.6 Å². The van der Waals surface area contributed by atoms with Gasteiger partial charge in [0.1, 0.15) is 11.6 Å². The van der Waals surface area contributed by atoms with Crippen molar-refractivity contribution in [3.63, 3.8) is 0 Å². The number of hydrogen-bond donors (Lipinski definition) is 2. The zero-order valence-electron chi connectivity index (χ0n) is 15.8. The Balaban J connectivity index is 1.67. The average molecular weight is 400 g/mol. The Labute approximate surface area is 167 Å². The minimum absolute atomic E-state index is 0.310. The summed E-state index contributed by atoms with van der Waals surface area (Å²) in [6, 6.07) is 12.3. The Hall–Kier alpha value is -3.68. The van der Waals surface area contributed by atoms with E-state index in [0.29, 0.717) is 12.3 Å². The number of esters is 1. The minimum Gasteiger partial charge on any atom is -0.494 e. The van der Waals surface area contributed by atoms with Crippen LogP contribution in [-0.2, 0) is 19.1 Å². The zero-order chi connectivity index (χ0) is 21.1. The van der Waals surface area contributed by atoms with Crippen LogP contribution in [0.25, 0.3) is 6.08 Å². The molecule has 2 N–H and O–H groups in total. The Kier molecular flexibility index (Phi) is 8.37. The predicted molar refractivity (Wildman–Crippen MR) is 106 cm³/mol. The highest BCUT2D eigenvalue weighted by Crippen LogP contribution is 2.13. The highest BCUT2D eigenvalue weighted by atomic mass is 19.1. The van der Waals surface area contributed by atoms with Gasteiger partial charge in [-0.25, -0.2) is 9.18 Å². The van der Waals surface area contributed by atoms with E-state index in [1.54, 1.807) is 30.3 Å². The molecule has 0 radical (unpaired) electrons. The van der Waals surface area contributed by atoms with Crippen molar-refractivity contribution < 1.29 is 28.2 Å². The molecule has 0 spiro atoms. The third-order valence-corrected chi connectivity index (χ3v) is 3.52. The highest BCUT2D eigenvalue weighted by Gasteiger charge is 2.08. The molecule has 152 valence electrons. The second-order valence-corrected chi connectivity index (χ2v) is 5.77. The van der Waals surface area contributed by atoms with Gasteiger partial charge in [0.15, 0.2) is 6.61 Å². The summed E-state index contributed by atoms with van der Waals surface area (Å²) in [5.41, 5.74) is 1.17. The molecule has 29 heavy (non-hydrogen) atoms. The molecule has 0 aliphatic carbocycles. The van der Waals surface area contributed by atoms with Crippen molar-refractivity contribution >= 4 is 29.5 Å². The second-order valence-electron chi connectivity index (χ2n) is 5.77. The lowest BCUT2D eigenvalue weighted by molar-refractivity contribution is -0.143. The Morgan fingerprint density at radius 1 is 1.00 bits per heavy atom. The van der Waals surface area contributed by atoms with Crippen LogP contribution in [-0.4, -0.2) is 37.5 Å². The van der Waals surface area contributed by atoms with Crippen molar-refractivity contribution in [1.82, 2.24) is 5.32 Å². The molecule has 0 atom stereocenters. The monoisotopic (exact) mass is 400 g/mol. The summed E-state index contributed by atoms with van der Waals surface area (Å²) in [6.45, 7) is 1.63. The van der Waals surface area contributed by atoms with Crippen LogP contribution >= 0.6 is 0 Å². The lowest BCUT2D eigenvalue weighted by atomic mass is 10.2. The maximum Gasteiger partial charge on any atom is 0.331 e. The predicted octanol–water partition coefficient (Wildman–Crippen LogP) is 2.54. The van der Waals surface area contributed by atoms with E-state index < -0.39 is 30.2 Å². The van der Waals surface area contributed by atoms with Crippen LogP contribution in [0, 0.1) is 5.82 Å². The Bertz CT molecular complexity index is 864. The highest BCUT2D eigenvalue weighted by molar-refractivity contribution is 5.95. The number of ether oxygens (including phenoxy) is 2. The molecule has 8 heteroatoms. The second kappa shape index (κ2) is 11.2. The Morgan fingerprint density at radius 2 is 1.69 bits per heavy atom. The van der Waals surface area contributed by atoms with E-state index in [4.69, 9.17) is 9.47 Å². The van der Waals surface area contributed by atoms with Crippen molar-refractivity contribution in [2.75, 3.05) is 25.1 Å². The topological polar surface area (TPSA) is 93.7 Å². The van der Waals surface area contributed by atoms with E-state index in [1.165, 1.54) is 30.3 Å². The molecule has 2 aromatic carbocycles. The number of nitrogens with one attached hydrogen (secondary N) is 2. The largest absolute Gasteiger partial charge is 0.494 e. The summed E-state index contributed by atoms with van der Waals surface area (Å²) < 4.78 is 22.9. The molecule has 0 fully saturated rings. The van der Waals surface area contributed by atoms with Crippen molar-refractivity contribution in [3.8, 4) is 5.75 Å². The van der Waals surface area contributed by atoms with Gasteiger partial charge in [-0.3, -0.25) is 9.59 Å². The molecule has 0 aliphatic heterocycles. The molecule has 0 bridgehead atoms. The third kappa shape index (κ3) is 8.25. The van der Waals surface area contributed by atoms with Gasteiger partial charge >= 0.3 is 5.97 Å². The molecule has 7 nitrogen and oxygen atoms in total. The average Bonchev–Trinajstić information content (AvgIpc) is 2.72. The summed E-state index contributed by atoms with van der Waals surface area (Å²) in [4.78, 5) is 35.1. The SMILES string of the molecule is CCOc1ccc(/C=C/C(=O)OCC(=O)NCC(=O)Nc2ccc(F)cc2)cc1. The van der Waals surface area contributed by atoms with Gasteiger partial charge in [-0.2, -0.15) is 0 Å². The third-order valence-electron chi connectivity index (χ3n) is 3.52. The van der Waals surface area contributed by atoms with Crippen LogP contribution in [0.2, 0.25) is 0 Å². The van der Waals surface area contributed by atoms with Gasteiger partial charge in [-0.1, -0.05) is 12.1 Å². The fourth-order valence-electron chi connectivity index (χ4n) is 2.16. The number of halogens is 1. The lowest BCUT2D eigenvalue weighted by Gasteiger charge is -2.07. The maximum absolute atomic E-state index is 12.8. The Morgan fingerprint density at radius 3 is 2.34 bits per heavy atom. The molecule has 0 aromatic heterocycles. The number of benzene rings is 2. The van der Waals surface area contributed by atoms with Gasteiger partial charge < -0.3 is 20.1 Å². The maximum atomic E-state index is 12.8. The smallest absolute Gasteiger partial charge is 0.331 e. The van der Waals surface area contributed by atoms with E-state index in [-0.39, 0.29) is 6.54 Å². The first-order valence-electron chi connectivity index (χ1n) is 8.86. The summed E-state index contributed by atoms with van der Waals surface area (Å²) in [7, 11) is 0. The zero-order valence-corrected chi connectivity index (χ0v) is 15.8. The number of amides is 2. The van der Waals surface area contributed by atoms with Crippen molar-refractivity contribution in [2.24, 2.45) is 0 Å². The van der Waals surface area contributed by atoms with Crippen LogP contribution in [0.4, 0.5) is 10.1 Å². The molecule has 2 amide bonds. The van der Waals surface area contributed by atoms with E-state index in [2.05, 4.69) is 10.6 Å². The first-order chi connectivity index (χ1) is 14.0. The molecule has 0 heterocycles. The summed E-state index contributed by atoms with van der Waals surface area (Å²) in [6.07, 6.45) is 2.75. The fourth-order valence-corrected chi connectivity index (χ4v) is 2.16. The van der Waals surface area contributed by atoms with E-state index >= 15 is 0 Å². The van der Waals surface area contributed by atoms with Gasteiger partial charge in [-0.15, -0.1) is 0 Å². The quantitative estimate of drug-likeness (QED) is 0.498. The van der Waals surface area contributed by atoms with Crippen LogP contribution < -0.4 is 15.4 Å². The van der Waals surface area contributed by atoms with Crippen molar-refractivity contribution in [2.45, 2.75) is 6.92 Å². The van der Waals surface area contributed by atoms with Crippen LogP contribution in [0.5, 0.6) is 5.75 Å². The fraction of sp³-hybridized carbons (Fsp3) is 0.190.